The largest absolute Gasteiger partial charge is 0.337 e. The molecule has 1 heterocycles. The monoisotopic (exact) mass is 410 g/mol. The maximum atomic E-state index is 6.09. The van der Waals surface area contributed by atoms with Gasteiger partial charge in [0.2, 0.25) is 11.7 Å². The minimum Gasteiger partial charge on any atom is -0.337 e. The van der Waals surface area contributed by atoms with Gasteiger partial charge in [-0.25, -0.2) is 5.43 Å². The first-order chi connectivity index (χ1) is 13.7. The molecule has 0 spiro atoms. The number of nitrogens with zero attached hydrogens (tertiary/aromatic N) is 2. The normalized spacial score (nSPS) is 11.9. The van der Waals surface area contributed by atoms with E-state index in [0.29, 0.717) is 21.8 Å². The molecule has 0 bridgehead atoms. The highest BCUT2D eigenvalue weighted by atomic mass is 35.5. The maximum absolute atomic E-state index is 6.09. The lowest BCUT2D eigenvalue weighted by atomic mass is 10.1. The van der Waals surface area contributed by atoms with Crippen LogP contribution in [0.5, 0.6) is 0 Å². The Morgan fingerprint density at radius 3 is 2.25 bits per heavy atom. The molecule has 0 saturated carbocycles. The van der Waals surface area contributed by atoms with E-state index in [0.717, 1.165) is 16.8 Å². The van der Waals surface area contributed by atoms with E-state index in [2.05, 4.69) is 21.0 Å². The van der Waals surface area contributed by atoms with Crippen LogP contribution in [0.25, 0.3) is 11.4 Å². The Morgan fingerprint density at radius 2 is 1.54 bits per heavy atom. The fourth-order valence-electron chi connectivity index (χ4n) is 2.72. The summed E-state index contributed by atoms with van der Waals surface area (Å²) < 4.78 is 5.56. The number of hydrazine groups is 1. The Balaban J connectivity index is 1.61. The van der Waals surface area contributed by atoms with Crippen LogP contribution in [0.15, 0.2) is 83.4 Å². The molecule has 2 N–H and O–H groups in total. The Bertz CT molecular complexity index is 1050. The van der Waals surface area contributed by atoms with Crippen LogP contribution in [0, 0.1) is 0 Å². The SMILES string of the molecule is Clc1ccc(NNC(c2ccccc2)c2nc(-c3ccccc3)no2)cc1Cl. The van der Waals surface area contributed by atoms with Crippen LogP contribution in [0.1, 0.15) is 17.5 Å². The van der Waals surface area contributed by atoms with Crippen LogP contribution < -0.4 is 10.9 Å². The lowest BCUT2D eigenvalue weighted by Gasteiger charge is -2.17. The summed E-state index contributed by atoms with van der Waals surface area (Å²) in [7, 11) is 0. The third-order valence-corrected chi connectivity index (χ3v) is 4.87. The van der Waals surface area contributed by atoms with E-state index in [9.17, 15) is 0 Å². The average molecular weight is 411 g/mol. The van der Waals surface area contributed by atoms with Gasteiger partial charge in [0.15, 0.2) is 0 Å². The molecule has 0 aliphatic rings. The molecule has 1 unspecified atom stereocenters. The van der Waals surface area contributed by atoms with Crippen LogP contribution in [0.3, 0.4) is 0 Å². The summed E-state index contributed by atoms with van der Waals surface area (Å²) in [6.07, 6.45) is 0. The Morgan fingerprint density at radius 1 is 0.821 bits per heavy atom. The van der Waals surface area contributed by atoms with Crippen molar-refractivity contribution in [3.8, 4) is 11.4 Å². The highest BCUT2D eigenvalue weighted by molar-refractivity contribution is 6.42. The van der Waals surface area contributed by atoms with Crippen LogP contribution >= 0.6 is 23.2 Å². The summed E-state index contributed by atoms with van der Waals surface area (Å²) in [4.78, 5) is 4.57. The molecule has 7 heteroatoms. The van der Waals surface area contributed by atoms with Crippen LogP contribution in [0.2, 0.25) is 10.0 Å². The van der Waals surface area contributed by atoms with Gasteiger partial charge in [-0.15, -0.1) is 0 Å². The summed E-state index contributed by atoms with van der Waals surface area (Å²) >= 11 is 12.1. The molecule has 0 saturated heterocycles. The fourth-order valence-corrected chi connectivity index (χ4v) is 3.02. The molecular formula is C21H16Cl2N4O. The third kappa shape index (κ3) is 4.17. The second-order valence-electron chi connectivity index (χ2n) is 6.06. The lowest BCUT2D eigenvalue weighted by molar-refractivity contribution is 0.354. The second-order valence-corrected chi connectivity index (χ2v) is 6.88. The van der Waals surface area contributed by atoms with Gasteiger partial charge in [0, 0.05) is 5.56 Å². The maximum Gasteiger partial charge on any atom is 0.250 e. The van der Waals surface area contributed by atoms with E-state index >= 15 is 0 Å². The van der Waals surface area contributed by atoms with E-state index in [-0.39, 0.29) is 6.04 Å². The van der Waals surface area contributed by atoms with E-state index in [4.69, 9.17) is 27.7 Å². The second kappa shape index (κ2) is 8.44. The smallest absolute Gasteiger partial charge is 0.250 e. The van der Waals surface area contributed by atoms with E-state index in [1.54, 1.807) is 12.1 Å². The first-order valence-corrected chi connectivity index (χ1v) is 9.37. The molecular weight excluding hydrogens is 395 g/mol. The lowest BCUT2D eigenvalue weighted by Crippen LogP contribution is -2.28. The number of halogens is 2. The molecule has 5 nitrogen and oxygen atoms in total. The molecule has 0 aliphatic heterocycles. The minimum absolute atomic E-state index is 0.361. The van der Waals surface area contributed by atoms with E-state index in [1.807, 2.05) is 66.7 Å². The standard InChI is InChI=1S/C21H16Cl2N4O/c22-17-12-11-16(13-18(17)23)25-26-19(14-7-3-1-4-8-14)21-24-20(27-28-21)15-9-5-2-6-10-15/h1-13,19,25-26H. The molecule has 0 aliphatic carbocycles. The van der Waals surface area contributed by atoms with Crippen molar-refractivity contribution in [2.45, 2.75) is 6.04 Å². The first kappa shape index (κ1) is 18.5. The Labute approximate surface area is 172 Å². The summed E-state index contributed by atoms with van der Waals surface area (Å²) in [5.41, 5.74) is 8.99. The van der Waals surface area contributed by atoms with Crippen LogP contribution in [-0.4, -0.2) is 10.1 Å². The zero-order valence-corrected chi connectivity index (χ0v) is 16.2. The highest BCUT2D eigenvalue weighted by Gasteiger charge is 2.21. The van der Waals surface area contributed by atoms with E-state index < -0.39 is 0 Å². The number of aromatic nitrogens is 2. The van der Waals surface area contributed by atoms with Crippen molar-refractivity contribution in [2.75, 3.05) is 5.43 Å². The summed E-state index contributed by atoms with van der Waals surface area (Å²) in [5.74, 6) is 0.977. The number of rotatable bonds is 6. The number of nitrogens with one attached hydrogen (secondary N) is 2. The number of hydrogen-bond donors (Lipinski definition) is 2. The fraction of sp³-hybridized carbons (Fsp3) is 0.0476. The van der Waals surface area contributed by atoms with Crippen molar-refractivity contribution in [3.05, 3.63) is 100 Å². The van der Waals surface area contributed by atoms with Gasteiger partial charge in [-0.2, -0.15) is 4.98 Å². The van der Waals surface area contributed by atoms with Crippen molar-refractivity contribution in [1.29, 1.82) is 0 Å². The summed E-state index contributed by atoms with van der Waals surface area (Å²) in [5, 5.41) is 5.08. The van der Waals surface area contributed by atoms with Gasteiger partial charge >= 0.3 is 0 Å². The topological polar surface area (TPSA) is 63.0 Å². The number of anilines is 1. The van der Waals surface area contributed by atoms with E-state index in [1.165, 1.54) is 0 Å². The molecule has 28 heavy (non-hydrogen) atoms. The van der Waals surface area contributed by atoms with Gasteiger partial charge in [0.1, 0.15) is 6.04 Å². The summed E-state index contributed by atoms with van der Waals surface area (Å²) in [6.45, 7) is 0. The molecule has 4 rings (SSSR count). The quantitative estimate of drug-likeness (QED) is 0.396. The molecule has 4 aromatic rings. The molecule has 0 amide bonds. The Kier molecular flexibility index (Phi) is 5.58. The molecule has 140 valence electrons. The molecule has 0 radical (unpaired) electrons. The van der Waals surface area contributed by atoms with Crippen molar-refractivity contribution >= 4 is 28.9 Å². The third-order valence-electron chi connectivity index (χ3n) is 4.13. The zero-order chi connectivity index (χ0) is 19.3. The van der Waals surface area contributed by atoms with Crippen molar-refractivity contribution in [3.63, 3.8) is 0 Å². The highest BCUT2D eigenvalue weighted by Crippen LogP contribution is 2.27. The Hall–Kier alpha value is -2.86. The molecule has 0 fully saturated rings. The number of hydrogen-bond acceptors (Lipinski definition) is 5. The van der Waals surface area contributed by atoms with Gasteiger partial charge in [-0.05, 0) is 23.8 Å². The van der Waals surface area contributed by atoms with Crippen LogP contribution in [0.4, 0.5) is 5.69 Å². The van der Waals surface area contributed by atoms with Gasteiger partial charge in [0.05, 0.1) is 15.7 Å². The van der Waals surface area contributed by atoms with Gasteiger partial charge in [-0.3, -0.25) is 0 Å². The zero-order valence-electron chi connectivity index (χ0n) is 14.6. The number of benzene rings is 3. The van der Waals surface area contributed by atoms with Crippen LogP contribution in [-0.2, 0) is 0 Å². The molecule has 3 aromatic carbocycles. The van der Waals surface area contributed by atoms with Crippen molar-refractivity contribution < 1.29 is 4.52 Å². The van der Waals surface area contributed by atoms with Gasteiger partial charge < -0.3 is 9.95 Å². The van der Waals surface area contributed by atoms with Crippen molar-refractivity contribution in [1.82, 2.24) is 15.6 Å². The average Bonchev–Trinajstić information content (AvgIpc) is 3.22. The summed E-state index contributed by atoms with van der Waals surface area (Å²) in [6, 6.07) is 24.5. The predicted octanol–water partition coefficient (Wildman–Crippen LogP) is 5.75. The van der Waals surface area contributed by atoms with Gasteiger partial charge in [-0.1, -0.05) is 89.0 Å². The first-order valence-electron chi connectivity index (χ1n) is 8.61. The minimum atomic E-state index is -0.361. The predicted molar refractivity (Wildman–Crippen MR) is 111 cm³/mol. The molecule has 1 aromatic heterocycles. The van der Waals surface area contributed by atoms with Crippen molar-refractivity contribution in [2.24, 2.45) is 0 Å². The molecule has 1 atom stereocenters. The van der Waals surface area contributed by atoms with Gasteiger partial charge in [0.25, 0.3) is 0 Å².